The Morgan fingerprint density at radius 2 is 1.91 bits per heavy atom. The molecule has 1 amide bonds. The Kier molecular flexibility index (Phi) is 5.09. The minimum Gasteiger partial charge on any atom is -0.346 e. The van der Waals surface area contributed by atoms with E-state index in [9.17, 15) is 13.2 Å². The monoisotopic (exact) mass is 352 g/mol. The van der Waals surface area contributed by atoms with Gasteiger partial charge in [-0.05, 0) is 49.2 Å². The van der Waals surface area contributed by atoms with E-state index in [1.54, 1.807) is 37.3 Å². The van der Waals surface area contributed by atoms with Gasteiger partial charge < -0.3 is 5.32 Å². The Morgan fingerprint density at radius 1 is 1.22 bits per heavy atom. The summed E-state index contributed by atoms with van der Waals surface area (Å²) in [6.45, 7) is 3.44. The summed E-state index contributed by atoms with van der Waals surface area (Å²) in [5.41, 5.74) is 1.57. The molecule has 0 saturated carbocycles. The smallest absolute Gasteiger partial charge is 0.251 e. The Bertz CT molecular complexity index is 850. The molecule has 2 rings (SSSR count). The molecule has 5 nitrogen and oxygen atoms in total. The van der Waals surface area contributed by atoms with Crippen molar-refractivity contribution in [3.63, 3.8) is 0 Å². The number of carbonyl (C=O) groups is 1. The van der Waals surface area contributed by atoms with Crippen molar-refractivity contribution < 1.29 is 13.2 Å². The molecule has 7 heteroatoms. The molecular formula is C16H17ClN2O3S. The zero-order valence-corrected chi connectivity index (χ0v) is 14.3. The highest BCUT2D eigenvalue weighted by Crippen LogP contribution is 2.19. The number of nitrogens with two attached hydrogens (primary N) is 1. The van der Waals surface area contributed by atoms with E-state index in [0.29, 0.717) is 10.6 Å². The molecule has 2 aromatic carbocycles. The van der Waals surface area contributed by atoms with Gasteiger partial charge in [-0.1, -0.05) is 29.8 Å². The summed E-state index contributed by atoms with van der Waals surface area (Å²) in [6, 6.07) is 11.3. The lowest BCUT2D eigenvalue weighted by atomic mass is 10.1. The second-order valence-electron chi connectivity index (χ2n) is 5.28. The number of hydrogen-bond donors (Lipinski definition) is 2. The summed E-state index contributed by atoms with van der Waals surface area (Å²) >= 11 is 5.94. The first-order valence-corrected chi connectivity index (χ1v) is 8.80. The second-order valence-corrected chi connectivity index (χ2v) is 7.24. The summed E-state index contributed by atoms with van der Waals surface area (Å²) in [5.74, 6) is -0.387. The van der Waals surface area contributed by atoms with E-state index in [-0.39, 0.29) is 22.4 Å². The SMILES string of the molecule is Cc1ccc(C(=O)N[C@@H](C)c2cccc(Cl)c2)cc1S(N)(=O)=O. The fourth-order valence-corrected chi connectivity index (χ4v) is 3.19. The van der Waals surface area contributed by atoms with Crippen LogP contribution in [0.15, 0.2) is 47.4 Å². The molecule has 0 radical (unpaired) electrons. The van der Waals surface area contributed by atoms with E-state index in [2.05, 4.69) is 5.32 Å². The van der Waals surface area contributed by atoms with Gasteiger partial charge in [-0.25, -0.2) is 13.6 Å². The Morgan fingerprint density at radius 3 is 2.52 bits per heavy atom. The summed E-state index contributed by atoms with van der Waals surface area (Å²) in [4.78, 5) is 12.3. The maximum Gasteiger partial charge on any atom is 0.251 e. The molecule has 0 aliphatic carbocycles. The number of halogens is 1. The maximum atomic E-state index is 12.3. The van der Waals surface area contributed by atoms with Crippen molar-refractivity contribution in [2.75, 3.05) is 0 Å². The highest BCUT2D eigenvalue weighted by atomic mass is 35.5. The predicted octanol–water partition coefficient (Wildman–Crippen LogP) is 2.79. The zero-order valence-electron chi connectivity index (χ0n) is 12.7. The molecule has 23 heavy (non-hydrogen) atoms. The fraction of sp³-hybridized carbons (Fsp3) is 0.188. The van der Waals surface area contributed by atoms with E-state index in [4.69, 9.17) is 16.7 Å². The van der Waals surface area contributed by atoms with E-state index >= 15 is 0 Å². The summed E-state index contributed by atoms with van der Waals surface area (Å²) in [5, 5.41) is 8.55. The van der Waals surface area contributed by atoms with Gasteiger partial charge in [0.05, 0.1) is 10.9 Å². The molecule has 3 N–H and O–H groups in total. The minimum absolute atomic E-state index is 0.0550. The molecule has 0 aliphatic heterocycles. The number of rotatable bonds is 4. The summed E-state index contributed by atoms with van der Waals surface area (Å²) < 4.78 is 23.1. The molecule has 0 unspecified atom stereocenters. The number of benzene rings is 2. The molecule has 0 aromatic heterocycles. The third-order valence-electron chi connectivity index (χ3n) is 3.45. The van der Waals surface area contributed by atoms with Crippen molar-refractivity contribution >= 4 is 27.5 Å². The van der Waals surface area contributed by atoms with Crippen LogP contribution in [0.5, 0.6) is 0 Å². The molecule has 0 spiro atoms. The average molecular weight is 353 g/mol. The number of nitrogens with one attached hydrogen (secondary N) is 1. The van der Waals surface area contributed by atoms with Crippen LogP contribution in [-0.4, -0.2) is 14.3 Å². The lowest BCUT2D eigenvalue weighted by Gasteiger charge is -2.15. The Hall–Kier alpha value is -1.89. The fourth-order valence-electron chi connectivity index (χ4n) is 2.19. The molecule has 2 aromatic rings. The van der Waals surface area contributed by atoms with Gasteiger partial charge in [0, 0.05) is 10.6 Å². The van der Waals surface area contributed by atoms with E-state index in [1.807, 2.05) is 13.0 Å². The van der Waals surface area contributed by atoms with Crippen LogP contribution in [0.4, 0.5) is 0 Å². The van der Waals surface area contributed by atoms with Gasteiger partial charge in [-0.3, -0.25) is 4.79 Å². The van der Waals surface area contributed by atoms with Gasteiger partial charge in [0.2, 0.25) is 10.0 Å². The largest absolute Gasteiger partial charge is 0.346 e. The van der Waals surface area contributed by atoms with Crippen LogP contribution >= 0.6 is 11.6 Å². The number of primary sulfonamides is 1. The molecule has 122 valence electrons. The molecule has 0 bridgehead atoms. The maximum absolute atomic E-state index is 12.3. The van der Waals surface area contributed by atoms with Gasteiger partial charge in [0.25, 0.3) is 5.91 Å². The first kappa shape index (κ1) is 17.5. The van der Waals surface area contributed by atoms with Crippen LogP contribution in [0.25, 0.3) is 0 Å². The van der Waals surface area contributed by atoms with Gasteiger partial charge in [-0.15, -0.1) is 0 Å². The van der Waals surface area contributed by atoms with Crippen LogP contribution in [0.1, 0.15) is 34.5 Å². The lowest BCUT2D eigenvalue weighted by Crippen LogP contribution is -2.27. The van der Waals surface area contributed by atoms with Crippen molar-refractivity contribution in [1.29, 1.82) is 0 Å². The van der Waals surface area contributed by atoms with E-state index < -0.39 is 10.0 Å². The Labute approximate surface area is 140 Å². The van der Waals surface area contributed by atoms with Crippen LogP contribution in [0.2, 0.25) is 5.02 Å². The number of aryl methyl sites for hydroxylation is 1. The van der Waals surface area contributed by atoms with Crippen LogP contribution in [0.3, 0.4) is 0 Å². The summed E-state index contributed by atoms with van der Waals surface area (Å²) in [6.07, 6.45) is 0. The molecule has 0 aliphatic rings. The zero-order chi connectivity index (χ0) is 17.2. The van der Waals surface area contributed by atoms with Gasteiger partial charge >= 0.3 is 0 Å². The van der Waals surface area contributed by atoms with E-state index in [0.717, 1.165) is 5.56 Å². The number of amides is 1. The van der Waals surface area contributed by atoms with Crippen LogP contribution in [0, 0.1) is 6.92 Å². The van der Waals surface area contributed by atoms with Crippen LogP contribution < -0.4 is 10.5 Å². The normalized spacial score (nSPS) is 12.7. The topological polar surface area (TPSA) is 89.3 Å². The summed E-state index contributed by atoms with van der Waals surface area (Å²) in [7, 11) is -3.87. The quantitative estimate of drug-likeness (QED) is 0.886. The number of carbonyl (C=O) groups excluding carboxylic acids is 1. The standard InChI is InChI=1S/C16H17ClN2O3S/c1-10-6-7-13(9-15(10)23(18,21)22)16(20)19-11(2)12-4-3-5-14(17)8-12/h3-9,11H,1-2H3,(H,19,20)(H2,18,21,22)/t11-/m0/s1. The third kappa shape index (κ3) is 4.31. The van der Waals surface area contributed by atoms with E-state index in [1.165, 1.54) is 6.07 Å². The Balaban J connectivity index is 2.24. The molecule has 0 fully saturated rings. The average Bonchev–Trinajstić information content (AvgIpc) is 2.46. The van der Waals surface area contributed by atoms with Gasteiger partial charge in [-0.2, -0.15) is 0 Å². The number of hydrogen-bond acceptors (Lipinski definition) is 3. The first-order valence-electron chi connectivity index (χ1n) is 6.88. The van der Waals surface area contributed by atoms with Gasteiger partial charge in [0.15, 0.2) is 0 Å². The van der Waals surface area contributed by atoms with Gasteiger partial charge in [0.1, 0.15) is 0 Å². The highest BCUT2D eigenvalue weighted by Gasteiger charge is 2.17. The molecular weight excluding hydrogens is 336 g/mol. The second kappa shape index (κ2) is 6.70. The van der Waals surface area contributed by atoms with Crippen LogP contribution in [-0.2, 0) is 10.0 Å². The number of sulfonamides is 1. The third-order valence-corrected chi connectivity index (χ3v) is 4.74. The minimum atomic E-state index is -3.87. The molecule has 0 saturated heterocycles. The predicted molar refractivity (Wildman–Crippen MR) is 89.9 cm³/mol. The van der Waals surface area contributed by atoms with Crippen molar-refractivity contribution in [3.8, 4) is 0 Å². The molecule has 0 heterocycles. The highest BCUT2D eigenvalue weighted by molar-refractivity contribution is 7.89. The van der Waals surface area contributed by atoms with Crippen molar-refractivity contribution in [2.24, 2.45) is 5.14 Å². The first-order chi connectivity index (χ1) is 10.7. The van der Waals surface area contributed by atoms with Crippen molar-refractivity contribution in [3.05, 3.63) is 64.2 Å². The lowest BCUT2D eigenvalue weighted by molar-refractivity contribution is 0.0939. The van der Waals surface area contributed by atoms with Crippen molar-refractivity contribution in [2.45, 2.75) is 24.8 Å². The molecule has 1 atom stereocenters. The van der Waals surface area contributed by atoms with Crippen molar-refractivity contribution in [1.82, 2.24) is 5.32 Å².